The Balaban J connectivity index is 1.54. The lowest BCUT2D eigenvalue weighted by molar-refractivity contribution is -0.116. The maximum atomic E-state index is 12.6. The maximum absolute atomic E-state index is 12.6. The van der Waals surface area contributed by atoms with Gasteiger partial charge in [-0.25, -0.2) is 4.98 Å². The molecule has 1 amide bonds. The van der Waals surface area contributed by atoms with Gasteiger partial charge in [0.2, 0.25) is 11.7 Å². The summed E-state index contributed by atoms with van der Waals surface area (Å²) in [6, 6.07) is 20.4. The van der Waals surface area contributed by atoms with Crippen LogP contribution in [0.15, 0.2) is 72.8 Å². The highest BCUT2D eigenvalue weighted by atomic mass is 16.5. The van der Waals surface area contributed by atoms with Crippen LogP contribution in [0.5, 0.6) is 23.0 Å². The van der Waals surface area contributed by atoms with Crippen molar-refractivity contribution >= 4 is 33.8 Å². The number of amides is 1. The molecular weight excluding hydrogens is 482 g/mol. The molecule has 0 radical (unpaired) electrons. The molecule has 0 bridgehead atoms. The zero-order valence-electron chi connectivity index (χ0n) is 21.2. The molecule has 0 fully saturated rings. The fourth-order valence-corrected chi connectivity index (χ4v) is 4.45. The lowest BCUT2D eigenvalue weighted by atomic mass is 10.1. The van der Waals surface area contributed by atoms with Crippen molar-refractivity contribution in [1.82, 2.24) is 15.3 Å². The van der Waals surface area contributed by atoms with Gasteiger partial charge in [-0.1, -0.05) is 30.3 Å². The number of nitrogens with one attached hydrogen (secondary N) is 2. The average Bonchev–Trinajstić information content (AvgIpc) is 3.32. The van der Waals surface area contributed by atoms with Gasteiger partial charge in [-0.3, -0.25) is 4.79 Å². The van der Waals surface area contributed by atoms with Gasteiger partial charge >= 0.3 is 0 Å². The number of phenolic OH excluding ortho intramolecular Hbond substituents is 1. The number of aromatic amines is 1. The monoisotopic (exact) mass is 509 g/mol. The number of aromatic hydroxyl groups is 1. The highest BCUT2D eigenvalue weighted by molar-refractivity contribution is 6.11. The number of pyridine rings is 1. The van der Waals surface area contributed by atoms with Crippen LogP contribution in [0.3, 0.4) is 0 Å². The van der Waals surface area contributed by atoms with Crippen LogP contribution in [-0.2, 0) is 11.3 Å². The van der Waals surface area contributed by atoms with Crippen LogP contribution in [0.4, 0.5) is 0 Å². The predicted octanol–water partition coefficient (Wildman–Crippen LogP) is 5.44. The first-order valence-electron chi connectivity index (χ1n) is 12.0. The number of hydrogen-bond acceptors (Lipinski definition) is 6. The Kier molecular flexibility index (Phi) is 6.86. The van der Waals surface area contributed by atoms with E-state index in [1.807, 2.05) is 42.5 Å². The molecule has 0 unspecified atom stereocenters. The molecule has 2 heterocycles. The van der Waals surface area contributed by atoms with Gasteiger partial charge in [0.25, 0.3) is 0 Å². The van der Waals surface area contributed by atoms with Gasteiger partial charge in [0, 0.05) is 27.9 Å². The van der Waals surface area contributed by atoms with E-state index in [0.717, 1.165) is 32.9 Å². The zero-order chi connectivity index (χ0) is 26.6. The first-order valence-corrected chi connectivity index (χ1v) is 12.0. The highest BCUT2D eigenvalue weighted by Crippen LogP contribution is 2.42. The van der Waals surface area contributed by atoms with Crippen molar-refractivity contribution in [3.8, 4) is 34.3 Å². The molecule has 5 aromatic rings. The van der Waals surface area contributed by atoms with Gasteiger partial charge in [0.15, 0.2) is 11.5 Å². The fraction of sp³-hybridized carbons (Fsp3) is 0.133. The first kappa shape index (κ1) is 24.7. The normalized spacial score (nSPS) is 11.2. The third kappa shape index (κ3) is 4.84. The number of H-pyrrole nitrogens is 1. The van der Waals surface area contributed by atoms with Crippen molar-refractivity contribution in [2.45, 2.75) is 6.54 Å². The third-order valence-electron chi connectivity index (χ3n) is 6.23. The topological polar surface area (TPSA) is 106 Å². The lowest BCUT2D eigenvalue weighted by Gasteiger charge is -2.15. The van der Waals surface area contributed by atoms with Gasteiger partial charge < -0.3 is 29.6 Å². The summed E-state index contributed by atoms with van der Waals surface area (Å²) in [4.78, 5) is 21.0. The molecular formula is C30H27N3O5. The summed E-state index contributed by atoms with van der Waals surface area (Å²) >= 11 is 0. The average molecular weight is 510 g/mol. The SMILES string of the molecule is COc1cc(-c2nc(CNC(=O)/C=C/c3cccc(O)c3)cc3c2[nH]c2ccccc23)cc(OC)c1OC. The summed E-state index contributed by atoms with van der Waals surface area (Å²) < 4.78 is 16.6. The molecule has 0 aliphatic rings. The molecule has 0 aliphatic heterocycles. The number of hydrogen-bond donors (Lipinski definition) is 3. The molecule has 5 rings (SSSR count). The van der Waals surface area contributed by atoms with E-state index in [0.29, 0.717) is 28.6 Å². The van der Waals surface area contributed by atoms with Crippen molar-refractivity contribution in [3.05, 3.63) is 84.1 Å². The Morgan fingerprint density at radius 1 is 0.947 bits per heavy atom. The quantitative estimate of drug-likeness (QED) is 0.241. The van der Waals surface area contributed by atoms with Gasteiger partial charge in [-0.2, -0.15) is 0 Å². The molecule has 38 heavy (non-hydrogen) atoms. The number of rotatable bonds is 8. The summed E-state index contributed by atoms with van der Waals surface area (Å²) in [6.07, 6.45) is 3.08. The molecule has 8 nitrogen and oxygen atoms in total. The Bertz CT molecular complexity index is 1650. The van der Waals surface area contributed by atoms with Crippen LogP contribution in [0.1, 0.15) is 11.3 Å². The minimum Gasteiger partial charge on any atom is -0.508 e. The minimum absolute atomic E-state index is 0.142. The molecule has 3 aromatic carbocycles. The van der Waals surface area contributed by atoms with Crippen LogP contribution in [0.25, 0.3) is 39.1 Å². The molecule has 0 spiro atoms. The number of ether oxygens (including phenoxy) is 3. The van der Waals surface area contributed by atoms with E-state index in [1.165, 1.54) is 6.08 Å². The van der Waals surface area contributed by atoms with Crippen LogP contribution >= 0.6 is 0 Å². The van der Waals surface area contributed by atoms with Crippen molar-refractivity contribution in [3.63, 3.8) is 0 Å². The van der Waals surface area contributed by atoms with E-state index in [1.54, 1.807) is 51.7 Å². The van der Waals surface area contributed by atoms with Gasteiger partial charge in [-0.15, -0.1) is 0 Å². The molecule has 192 valence electrons. The van der Waals surface area contributed by atoms with E-state index in [-0.39, 0.29) is 18.2 Å². The maximum Gasteiger partial charge on any atom is 0.244 e. The number of carbonyl (C=O) groups is 1. The number of benzene rings is 3. The lowest BCUT2D eigenvalue weighted by Crippen LogP contribution is -2.21. The van der Waals surface area contributed by atoms with E-state index in [9.17, 15) is 9.90 Å². The summed E-state index contributed by atoms with van der Waals surface area (Å²) in [7, 11) is 4.71. The molecule has 2 aromatic heterocycles. The number of aromatic nitrogens is 2. The number of para-hydroxylation sites is 1. The van der Waals surface area contributed by atoms with E-state index in [4.69, 9.17) is 19.2 Å². The number of carbonyl (C=O) groups excluding carboxylic acids is 1. The Hall–Kier alpha value is -4.98. The van der Waals surface area contributed by atoms with Gasteiger partial charge in [0.05, 0.1) is 44.8 Å². The van der Waals surface area contributed by atoms with Crippen LogP contribution in [-0.4, -0.2) is 42.3 Å². The minimum atomic E-state index is -0.275. The molecule has 8 heteroatoms. The van der Waals surface area contributed by atoms with Crippen LogP contribution in [0.2, 0.25) is 0 Å². The number of fused-ring (bicyclic) bond motifs is 3. The second-order valence-electron chi connectivity index (χ2n) is 8.62. The number of methoxy groups -OCH3 is 3. The summed E-state index contributed by atoms with van der Waals surface area (Å²) in [6.45, 7) is 0.218. The summed E-state index contributed by atoms with van der Waals surface area (Å²) in [5.41, 5.74) is 4.71. The van der Waals surface area contributed by atoms with Crippen molar-refractivity contribution < 1.29 is 24.1 Å². The van der Waals surface area contributed by atoms with Gasteiger partial charge in [0.1, 0.15) is 5.75 Å². The second-order valence-corrected chi connectivity index (χ2v) is 8.62. The van der Waals surface area contributed by atoms with E-state index >= 15 is 0 Å². The Labute approximate surface area is 219 Å². The molecule has 0 saturated carbocycles. The number of phenols is 1. The standard InChI is InChI=1S/C30H27N3O5/c1-36-25-14-19(15-26(37-2)30(25)38-3)28-29-23(22-9-4-5-10-24(22)33-29)16-20(32-28)17-31-27(35)12-11-18-7-6-8-21(34)13-18/h4-16,33-34H,17H2,1-3H3,(H,31,35)/b12-11+. The molecule has 0 aliphatic carbocycles. The first-order chi connectivity index (χ1) is 18.5. The fourth-order valence-electron chi connectivity index (χ4n) is 4.45. The Morgan fingerprint density at radius 2 is 1.71 bits per heavy atom. The van der Waals surface area contributed by atoms with Crippen LogP contribution in [0, 0.1) is 0 Å². The predicted molar refractivity (Wildman–Crippen MR) is 148 cm³/mol. The number of nitrogens with zero attached hydrogens (tertiary/aromatic N) is 1. The van der Waals surface area contributed by atoms with Crippen molar-refractivity contribution in [1.29, 1.82) is 0 Å². The largest absolute Gasteiger partial charge is 0.508 e. The molecule has 0 saturated heterocycles. The van der Waals surface area contributed by atoms with Crippen molar-refractivity contribution in [2.24, 2.45) is 0 Å². The Morgan fingerprint density at radius 3 is 2.42 bits per heavy atom. The summed E-state index contributed by atoms with van der Waals surface area (Å²) in [5, 5.41) is 14.6. The highest BCUT2D eigenvalue weighted by Gasteiger charge is 2.19. The third-order valence-corrected chi connectivity index (χ3v) is 6.23. The second kappa shape index (κ2) is 10.6. The smallest absolute Gasteiger partial charge is 0.244 e. The molecule has 0 atom stereocenters. The zero-order valence-corrected chi connectivity index (χ0v) is 21.2. The van der Waals surface area contributed by atoms with Gasteiger partial charge in [-0.05, 0) is 48.0 Å². The van der Waals surface area contributed by atoms with E-state index < -0.39 is 0 Å². The molecule has 3 N–H and O–H groups in total. The summed E-state index contributed by atoms with van der Waals surface area (Å²) in [5.74, 6) is 1.40. The van der Waals surface area contributed by atoms with Crippen LogP contribution < -0.4 is 19.5 Å². The van der Waals surface area contributed by atoms with E-state index in [2.05, 4.69) is 10.3 Å². The van der Waals surface area contributed by atoms with Crippen molar-refractivity contribution in [2.75, 3.05) is 21.3 Å².